The van der Waals surface area contributed by atoms with Crippen LogP contribution >= 0.6 is 0 Å². The molecule has 0 saturated heterocycles. The molecule has 0 saturated carbocycles. The molecular formula is C26H30O. The zero-order chi connectivity index (χ0) is 18.7. The van der Waals surface area contributed by atoms with Crippen molar-refractivity contribution in [3.05, 3.63) is 78.9 Å². The van der Waals surface area contributed by atoms with E-state index in [1.54, 1.807) is 0 Å². The van der Waals surface area contributed by atoms with Gasteiger partial charge in [0.1, 0.15) is 5.75 Å². The molecule has 0 unspecified atom stereocenters. The van der Waals surface area contributed by atoms with Crippen molar-refractivity contribution < 1.29 is 4.74 Å². The van der Waals surface area contributed by atoms with Gasteiger partial charge in [0.25, 0.3) is 0 Å². The standard InChI is InChI=1S/C26H30O/c1-2-3-4-5-6-12-20-27-24-17-13-16-23(21-24)26-19-11-10-18-25(26)22-14-8-7-9-15-22/h7-11,13-19,21H,2-6,12,20H2,1H3. The van der Waals surface area contributed by atoms with Crippen LogP contribution in [0.25, 0.3) is 22.3 Å². The van der Waals surface area contributed by atoms with E-state index in [4.69, 9.17) is 4.74 Å². The van der Waals surface area contributed by atoms with Crippen LogP contribution in [0.3, 0.4) is 0 Å². The normalized spacial score (nSPS) is 10.7. The molecule has 0 bridgehead atoms. The van der Waals surface area contributed by atoms with Gasteiger partial charge in [0, 0.05) is 0 Å². The molecule has 0 amide bonds. The minimum absolute atomic E-state index is 0.801. The average Bonchev–Trinajstić information content (AvgIpc) is 2.74. The highest BCUT2D eigenvalue weighted by Gasteiger charge is 2.07. The lowest BCUT2D eigenvalue weighted by molar-refractivity contribution is 0.304. The Kier molecular flexibility index (Phi) is 7.53. The zero-order valence-electron chi connectivity index (χ0n) is 16.4. The highest BCUT2D eigenvalue weighted by molar-refractivity contribution is 5.83. The van der Waals surface area contributed by atoms with E-state index in [0.29, 0.717) is 0 Å². The lowest BCUT2D eigenvalue weighted by Gasteiger charge is -2.12. The van der Waals surface area contributed by atoms with Gasteiger partial charge in [-0.25, -0.2) is 0 Å². The van der Waals surface area contributed by atoms with Crippen LogP contribution < -0.4 is 4.74 Å². The minimum Gasteiger partial charge on any atom is -0.494 e. The summed E-state index contributed by atoms with van der Waals surface area (Å²) in [6.45, 7) is 3.06. The van der Waals surface area contributed by atoms with Gasteiger partial charge in [-0.2, -0.15) is 0 Å². The molecule has 3 rings (SSSR count). The van der Waals surface area contributed by atoms with Crippen molar-refractivity contribution in [2.24, 2.45) is 0 Å². The molecule has 0 aromatic heterocycles. The summed E-state index contributed by atoms with van der Waals surface area (Å²) < 4.78 is 6.02. The Morgan fingerprint density at radius 2 is 1.22 bits per heavy atom. The second kappa shape index (κ2) is 10.6. The number of unbranched alkanes of at least 4 members (excludes halogenated alkanes) is 5. The maximum Gasteiger partial charge on any atom is 0.119 e. The van der Waals surface area contributed by atoms with Gasteiger partial charge >= 0.3 is 0 Å². The van der Waals surface area contributed by atoms with Crippen molar-refractivity contribution in [1.82, 2.24) is 0 Å². The molecule has 0 fully saturated rings. The fraction of sp³-hybridized carbons (Fsp3) is 0.308. The van der Waals surface area contributed by atoms with E-state index in [-0.39, 0.29) is 0 Å². The van der Waals surface area contributed by atoms with E-state index >= 15 is 0 Å². The summed E-state index contributed by atoms with van der Waals surface area (Å²) in [4.78, 5) is 0. The smallest absolute Gasteiger partial charge is 0.119 e. The topological polar surface area (TPSA) is 9.23 Å². The van der Waals surface area contributed by atoms with E-state index in [0.717, 1.165) is 18.8 Å². The highest BCUT2D eigenvalue weighted by atomic mass is 16.5. The summed E-state index contributed by atoms with van der Waals surface area (Å²) in [5.41, 5.74) is 4.95. The Hall–Kier alpha value is -2.54. The van der Waals surface area contributed by atoms with Crippen LogP contribution in [-0.4, -0.2) is 6.61 Å². The molecule has 27 heavy (non-hydrogen) atoms. The maximum absolute atomic E-state index is 6.02. The molecule has 1 heteroatoms. The first-order chi connectivity index (χ1) is 13.4. The molecule has 0 N–H and O–H groups in total. The summed E-state index contributed by atoms with van der Waals surface area (Å²) >= 11 is 0. The predicted molar refractivity (Wildman–Crippen MR) is 116 cm³/mol. The predicted octanol–water partition coefficient (Wildman–Crippen LogP) is 7.76. The molecule has 0 heterocycles. The third kappa shape index (κ3) is 5.72. The maximum atomic E-state index is 6.02. The van der Waals surface area contributed by atoms with Crippen molar-refractivity contribution in [3.8, 4) is 28.0 Å². The van der Waals surface area contributed by atoms with Gasteiger partial charge in [-0.3, -0.25) is 0 Å². The average molecular weight is 359 g/mol. The molecule has 0 atom stereocenters. The lowest BCUT2D eigenvalue weighted by atomic mass is 9.94. The van der Waals surface area contributed by atoms with Gasteiger partial charge in [-0.1, -0.05) is 106 Å². The molecule has 0 spiro atoms. The largest absolute Gasteiger partial charge is 0.494 e. The van der Waals surface area contributed by atoms with Gasteiger partial charge < -0.3 is 4.74 Å². The first-order valence-corrected chi connectivity index (χ1v) is 10.3. The Morgan fingerprint density at radius 1 is 0.593 bits per heavy atom. The quantitative estimate of drug-likeness (QED) is 0.336. The molecule has 0 radical (unpaired) electrons. The number of hydrogen-bond acceptors (Lipinski definition) is 1. The zero-order valence-corrected chi connectivity index (χ0v) is 16.4. The van der Waals surface area contributed by atoms with Gasteiger partial charge in [-0.15, -0.1) is 0 Å². The molecule has 140 valence electrons. The summed E-state index contributed by atoms with van der Waals surface area (Å²) in [7, 11) is 0. The summed E-state index contributed by atoms with van der Waals surface area (Å²) in [6.07, 6.45) is 7.71. The summed E-state index contributed by atoms with van der Waals surface area (Å²) in [6, 6.07) is 27.6. The fourth-order valence-corrected chi connectivity index (χ4v) is 3.43. The molecule has 0 aliphatic heterocycles. The molecule has 3 aromatic rings. The number of ether oxygens (including phenoxy) is 1. The van der Waals surface area contributed by atoms with E-state index in [9.17, 15) is 0 Å². The Labute approximate surface area is 164 Å². The van der Waals surface area contributed by atoms with Gasteiger partial charge in [0.05, 0.1) is 6.61 Å². The molecule has 0 aliphatic rings. The highest BCUT2D eigenvalue weighted by Crippen LogP contribution is 2.33. The number of hydrogen-bond donors (Lipinski definition) is 0. The van der Waals surface area contributed by atoms with Crippen LogP contribution in [0.5, 0.6) is 5.75 Å². The second-order valence-corrected chi connectivity index (χ2v) is 7.06. The molecule has 0 aliphatic carbocycles. The van der Waals surface area contributed by atoms with Gasteiger partial charge in [-0.05, 0) is 40.8 Å². The summed E-state index contributed by atoms with van der Waals surface area (Å²) in [5, 5.41) is 0. The van der Waals surface area contributed by atoms with Crippen LogP contribution in [0.4, 0.5) is 0 Å². The Bertz CT molecular complexity index is 807. The monoisotopic (exact) mass is 358 g/mol. The molecular weight excluding hydrogens is 328 g/mol. The van der Waals surface area contributed by atoms with Crippen LogP contribution in [-0.2, 0) is 0 Å². The van der Waals surface area contributed by atoms with Crippen molar-refractivity contribution >= 4 is 0 Å². The van der Waals surface area contributed by atoms with E-state index < -0.39 is 0 Å². The van der Waals surface area contributed by atoms with Crippen LogP contribution in [0, 0.1) is 0 Å². The van der Waals surface area contributed by atoms with Gasteiger partial charge in [0.15, 0.2) is 0 Å². The Morgan fingerprint density at radius 3 is 2.00 bits per heavy atom. The van der Waals surface area contributed by atoms with E-state index in [2.05, 4.69) is 85.8 Å². The SMILES string of the molecule is CCCCCCCCOc1cccc(-c2ccccc2-c2ccccc2)c1. The fourth-order valence-electron chi connectivity index (χ4n) is 3.43. The first-order valence-electron chi connectivity index (χ1n) is 10.3. The number of rotatable bonds is 10. The second-order valence-electron chi connectivity index (χ2n) is 7.06. The third-order valence-electron chi connectivity index (χ3n) is 4.92. The van der Waals surface area contributed by atoms with Crippen LogP contribution in [0.1, 0.15) is 45.4 Å². The first kappa shape index (κ1) is 19.2. The van der Waals surface area contributed by atoms with Gasteiger partial charge in [0.2, 0.25) is 0 Å². The van der Waals surface area contributed by atoms with E-state index in [1.807, 2.05) is 0 Å². The van der Waals surface area contributed by atoms with Crippen LogP contribution in [0.15, 0.2) is 78.9 Å². The number of benzene rings is 3. The van der Waals surface area contributed by atoms with Crippen molar-refractivity contribution in [3.63, 3.8) is 0 Å². The van der Waals surface area contributed by atoms with Crippen molar-refractivity contribution in [2.75, 3.05) is 6.61 Å². The minimum atomic E-state index is 0.801. The Balaban J connectivity index is 1.66. The third-order valence-corrected chi connectivity index (χ3v) is 4.92. The molecule has 1 nitrogen and oxygen atoms in total. The molecule has 3 aromatic carbocycles. The lowest BCUT2D eigenvalue weighted by Crippen LogP contribution is -1.97. The van der Waals surface area contributed by atoms with Crippen LogP contribution in [0.2, 0.25) is 0 Å². The summed E-state index contributed by atoms with van der Waals surface area (Å²) in [5.74, 6) is 0.962. The van der Waals surface area contributed by atoms with Crippen molar-refractivity contribution in [2.45, 2.75) is 45.4 Å². The van der Waals surface area contributed by atoms with E-state index in [1.165, 1.54) is 54.4 Å². The van der Waals surface area contributed by atoms with Crippen molar-refractivity contribution in [1.29, 1.82) is 0 Å².